The quantitative estimate of drug-likeness (QED) is 0.228. The van der Waals surface area contributed by atoms with Gasteiger partial charge in [0.25, 0.3) is 0 Å². The number of hydrogen-bond donors (Lipinski definition) is 0. The zero-order valence-corrected chi connectivity index (χ0v) is 19.2. The Hall–Kier alpha value is -0.433. The van der Waals surface area contributed by atoms with Crippen LogP contribution in [0, 0.1) is 5.92 Å². The van der Waals surface area contributed by atoms with Gasteiger partial charge >= 0.3 is 5.97 Å². The van der Waals surface area contributed by atoms with Crippen molar-refractivity contribution in [3.63, 3.8) is 0 Å². The monoisotopic (exact) mass is 390 g/mol. The van der Waals surface area contributed by atoms with Crippen LogP contribution in [0.25, 0.3) is 0 Å². The summed E-state index contributed by atoms with van der Waals surface area (Å²) in [5.74, 6) is -0.0669. The Morgan fingerprint density at radius 1 is 0.923 bits per heavy atom. The number of unbranched alkanes of at least 4 members (excludes halogenated alkanes) is 1. The van der Waals surface area contributed by atoms with Crippen molar-refractivity contribution in [2.24, 2.45) is 5.92 Å². The van der Waals surface area contributed by atoms with E-state index in [1.165, 1.54) is 0 Å². The van der Waals surface area contributed by atoms with E-state index >= 15 is 0 Å². The largest absolute Gasteiger partial charge is 0.463 e. The lowest BCUT2D eigenvalue weighted by atomic mass is 10.00. The van der Waals surface area contributed by atoms with E-state index in [1.54, 1.807) is 0 Å². The van der Waals surface area contributed by atoms with E-state index < -0.39 is 8.32 Å². The van der Waals surface area contributed by atoms with Gasteiger partial charge in [-0.05, 0) is 31.0 Å². The molecule has 1 atom stereocenters. The molecule has 156 valence electrons. The average Bonchev–Trinajstić information content (AvgIpc) is 2.56. The Kier molecular flexibility index (Phi) is 13.5. The first-order chi connectivity index (χ1) is 12.2. The maximum Gasteiger partial charge on any atom is 0.308 e. The second kappa shape index (κ2) is 13.7. The Morgan fingerprint density at radius 3 is 1.96 bits per heavy atom. The lowest BCUT2D eigenvalue weighted by molar-refractivity contribution is -0.150. The number of rotatable bonds is 15. The molecule has 0 aliphatic heterocycles. The van der Waals surface area contributed by atoms with Crippen LogP contribution in [-0.4, -0.2) is 53.9 Å². The van der Waals surface area contributed by atoms with Crippen LogP contribution in [-0.2, 0) is 23.4 Å². The molecule has 0 heterocycles. The smallest absolute Gasteiger partial charge is 0.308 e. The fourth-order valence-corrected chi connectivity index (χ4v) is 3.18. The summed E-state index contributed by atoms with van der Waals surface area (Å²) in [7, 11) is -1.68. The summed E-state index contributed by atoms with van der Waals surface area (Å²) in [6.07, 6.45) is 3.93. The van der Waals surface area contributed by atoms with E-state index in [-0.39, 0.29) is 16.9 Å². The molecule has 0 rings (SSSR count). The predicted molar refractivity (Wildman–Crippen MR) is 109 cm³/mol. The van der Waals surface area contributed by atoms with Gasteiger partial charge in [0.1, 0.15) is 6.61 Å². The van der Waals surface area contributed by atoms with Crippen molar-refractivity contribution in [2.75, 3.05) is 39.6 Å². The summed E-state index contributed by atoms with van der Waals surface area (Å²) in [5, 5.41) is 0.223. The Balaban J connectivity index is 3.58. The molecular weight excluding hydrogens is 348 g/mol. The van der Waals surface area contributed by atoms with E-state index in [1.807, 2.05) is 6.92 Å². The van der Waals surface area contributed by atoms with Gasteiger partial charge in [-0.25, -0.2) is 0 Å². The number of ether oxygens (including phenoxy) is 3. The van der Waals surface area contributed by atoms with Gasteiger partial charge in [0, 0.05) is 0 Å². The fraction of sp³-hybridized carbons (Fsp3) is 0.950. The minimum atomic E-state index is -1.68. The third kappa shape index (κ3) is 11.3. The molecule has 1 unspecified atom stereocenters. The summed E-state index contributed by atoms with van der Waals surface area (Å²) < 4.78 is 22.3. The molecule has 0 aliphatic rings. The predicted octanol–water partition coefficient (Wildman–Crippen LogP) is 4.80. The molecule has 0 aromatic heterocycles. The maximum atomic E-state index is 11.9. The molecule has 0 aromatic rings. The molecule has 0 saturated carbocycles. The highest BCUT2D eigenvalue weighted by atomic mass is 28.4. The number of hydrogen-bond acceptors (Lipinski definition) is 5. The molecule has 0 bridgehead atoms. The minimum absolute atomic E-state index is 0.0270. The van der Waals surface area contributed by atoms with Gasteiger partial charge in [0.2, 0.25) is 0 Å². The van der Waals surface area contributed by atoms with E-state index in [0.29, 0.717) is 39.6 Å². The molecule has 0 fully saturated rings. The Morgan fingerprint density at radius 2 is 1.46 bits per heavy atom. The number of esters is 1. The zero-order chi connectivity index (χ0) is 20.1. The highest BCUT2D eigenvalue weighted by Crippen LogP contribution is 2.36. The van der Waals surface area contributed by atoms with Gasteiger partial charge < -0.3 is 18.6 Å². The molecule has 6 heteroatoms. The first kappa shape index (κ1) is 25.6. The van der Waals surface area contributed by atoms with Crippen molar-refractivity contribution in [3.05, 3.63) is 0 Å². The van der Waals surface area contributed by atoms with Crippen molar-refractivity contribution >= 4 is 14.3 Å². The van der Waals surface area contributed by atoms with Gasteiger partial charge in [0.15, 0.2) is 8.32 Å². The summed E-state index contributed by atoms with van der Waals surface area (Å²) in [5.41, 5.74) is 0. The Labute approximate surface area is 162 Å². The van der Waals surface area contributed by atoms with Crippen molar-refractivity contribution in [1.82, 2.24) is 0 Å². The zero-order valence-electron chi connectivity index (χ0n) is 18.2. The van der Waals surface area contributed by atoms with Gasteiger partial charge in [-0.3, -0.25) is 4.79 Å². The molecule has 0 saturated heterocycles. The van der Waals surface area contributed by atoms with Gasteiger partial charge in [0.05, 0.1) is 39.0 Å². The van der Waals surface area contributed by atoms with E-state index in [9.17, 15) is 4.79 Å². The molecule has 0 amide bonds. The van der Waals surface area contributed by atoms with Gasteiger partial charge in [-0.15, -0.1) is 0 Å². The van der Waals surface area contributed by atoms with Crippen molar-refractivity contribution < 1.29 is 23.4 Å². The summed E-state index contributed by atoms with van der Waals surface area (Å²) in [4.78, 5) is 11.9. The van der Waals surface area contributed by atoms with Crippen LogP contribution in [0.1, 0.15) is 60.3 Å². The van der Waals surface area contributed by atoms with Crippen LogP contribution in [0.2, 0.25) is 18.1 Å². The van der Waals surface area contributed by atoms with Crippen molar-refractivity contribution in [3.8, 4) is 0 Å². The average molecular weight is 391 g/mol. The summed E-state index contributed by atoms with van der Waals surface area (Å²) in [6.45, 7) is 18.3. The first-order valence-electron chi connectivity index (χ1n) is 10.1. The second-order valence-electron chi connectivity index (χ2n) is 8.25. The molecule has 0 radical (unpaired) electrons. The van der Waals surface area contributed by atoms with Crippen molar-refractivity contribution in [2.45, 2.75) is 78.4 Å². The number of carbonyl (C=O) groups is 1. The van der Waals surface area contributed by atoms with Crippen LogP contribution in [0.15, 0.2) is 0 Å². The number of carbonyl (C=O) groups excluding carboxylic acids is 1. The van der Waals surface area contributed by atoms with E-state index in [4.69, 9.17) is 18.6 Å². The molecule has 0 aromatic carbocycles. The summed E-state index contributed by atoms with van der Waals surface area (Å²) in [6, 6.07) is 0. The molecule has 0 N–H and O–H groups in total. The molecule has 0 aliphatic carbocycles. The molecular formula is C20H42O5Si. The van der Waals surface area contributed by atoms with Crippen LogP contribution in [0.3, 0.4) is 0 Å². The lowest BCUT2D eigenvalue weighted by Gasteiger charge is -2.36. The maximum absolute atomic E-state index is 11.9. The Bertz CT molecular complexity index is 366. The van der Waals surface area contributed by atoms with E-state index in [2.05, 4.69) is 40.8 Å². The highest BCUT2D eigenvalue weighted by Gasteiger charge is 2.36. The SMILES string of the molecule is CCCCC(CC)C(=O)OCCOCCOCCO[Si](C)(C)C(C)(C)C. The van der Waals surface area contributed by atoms with Crippen LogP contribution >= 0.6 is 0 Å². The topological polar surface area (TPSA) is 54.0 Å². The van der Waals surface area contributed by atoms with E-state index in [0.717, 1.165) is 25.7 Å². The lowest BCUT2D eigenvalue weighted by Crippen LogP contribution is -2.41. The molecule has 26 heavy (non-hydrogen) atoms. The third-order valence-electron chi connectivity index (χ3n) is 5.07. The van der Waals surface area contributed by atoms with Crippen LogP contribution < -0.4 is 0 Å². The molecule has 5 nitrogen and oxygen atoms in total. The van der Waals surface area contributed by atoms with Crippen LogP contribution in [0.5, 0.6) is 0 Å². The fourth-order valence-electron chi connectivity index (χ4n) is 2.15. The first-order valence-corrected chi connectivity index (χ1v) is 13.0. The van der Waals surface area contributed by atoms with Gasteiger partial charge in [-0.1, -0.05) is 47.5 Å². The second-order valence-corrected chi connectivity index (χ2v) is 13.1. The molecule has 0 spiro atoms. The standard InChI is InChI=1S/C20H42O5Si/c1-8-10-11-18(9-2)19(21)24-16-14-22-12-13-23-15-17-25-26(6,7)20(3,4)5/h18H,8-17H2,1-7H3. The normalized spacial score (nSPS) is 13.7. The summed E-state index contributed by atoms with van der Waals surface area (Å²) >= 11 is 0. The third-order valence-corrected chi connectivity index (χ3v) is 9.61. The highest BCUT2D eigenvalue weighted by molar-refractivity contribution is 6.74. The van der Waals surface area contributed by atoms with Crippen LogP contribution in [0.4, 0.5) is 0 Å². The van der Waals surface area contributed by atoms with Crippen molar-refractivity contribution in [1.29, 1.82) is 0 Å². The van der Waals surface area contributed by atoms with Gasteiger partial charge in [-0.2, -0.15) is 0 Å². The minimum Gasteiger partial charge on any atom is -0.463 e.